The molecule has 1 unspecified atom stereocenters. The first-order chi connectivity index (χ1) is 11.7. The number of aryl methyl sites for hydroxylation is 1. The van der Waals surface area contributed by atoms with Crippen LogP contribution < -0.4 is 4.74 Å². The molecule has 0 fully saturated rings. The second-order valence-electron chi connectivity index (χ2n) is 5.33. The van der Waals surface area contributed by atoms with Crippen molar-refractivity contribution in [1.82, 2.24) is 19.7 Å². The number of halogens is 1. The van der Waals surface area contributed by atoms with Crippen LogP contribution in [0.3, 0.4) is 0 Å². The highest BCUT2D eigenvalue weighted by atomic mass is 35.5. The van der Waals surface area contributed by atoms with Gasteiger partial charge in [0.15, 0.2) is 0 Å². The molecule has 2 aromatic heterocycles. The van der Waals surface area contributed by atoms with E-state index in [2.05, 4.69) is 15.2 Å². The van der Waals surface area contributed by atoms with E-state index in [1.54, 1.807) is 18.5 Å². The van der Waals surface area contributed by atoms with Gasteiger partial charge in [-0.1, -0.05) is 23.7 Å². The van der Waals surface area contributed by atoms with E-state index in [-0.39, 0.29) is 0 Å². The number of rotatable bonds is 4. The highest BCUT2D eigenvalue weighted by Crippen LogP contribution is 2.29. The van der Waals surface area contributed by atoms with E-state index in [0.29, 0.717) is 16.7 Å². The Hall–Kier alpha value is -2.86. The Labute approximate surface area is 142 Å². The quantitative estimate of drug-likeness (QED) is 0.565. The number of ether oxygens (including phenoxy) is 1. The van der Waals surface area contributed by atoms with Crippen molar-refractivity contribution in [3.05, 3.63) is 71.7 Å². The number of aromatic nitrogens is 4. The number of fused-ring (bicyclic) bond motifs is 1. The molecule has 0 saturated heterocycles. The van der Waals surface area contributed by atoms with Gasteiger partial charge in [0.25, 0.3) is 5.89 Å². The van der Waals surface area contributed by atoms with Crippen LogP contribution in [-0.4, -0.2) is 19.7 Å². The molecule has 6 nitrogen and oxygen atoms in total. The average Bonchev–Trinajstić information content (AvgIpc) is 3.24. The molecule has 1 atom stereocenters. The topological polar surface area (TPSA) is 66.0 Å². The van der Waals surface area contributed by atoms with Crippen LogP contribution >= 0.6 is 11.6 Å². The molecule has 0 amide bonds. The molecule has 2 aromatic carbocycles. The summed E-state index contributed by atoms with van der Waals surface area (Å²) in [6, 6.07) is 13.1. The fraction of sp³-hybridized carbons (Fsp3) is 0.118. The monoisotopic (exact) mass is 340 g/mol. The summed E-state index contributed by atoms with van der Waals surface area (Å²) in [5.74, 6) is 1.06. The minimum absolute atomic E-state index is 0.377. The van der Waals surface area contributed by atoms with Gasteiger partial charge in [-0.2, -0.15) is 0 Å². The van der Waals surface area contributed by atoms with Gasteiger partial charge >= 0.3 is 0 Å². The highest BCUT2D eigenvalue weighted by Gasteiger charge is 2.22. The summed E-state index contributed by atoms with van der Waals surface area (Å²) < 4.78 is 13.4. The third kappa shape index (κ3) is 2.72. The van der Waals surface area contributed by atoms with Crippen LogP contribution in [0, 0.1) is 0 Å². The van der Waals surface area contributed by atoms with Crippen LogP contribution in [0.25, 0.3) is 11.0 Å². The molecule has 4 aromatic rings. The van der Waals surface area contributed by atoms with E-state index >= 15 is 0 Å². The molecule has 4 rings (SSSR count). The molecule has 120 valence electrons. The van der Waals surface area contributed by atoms with Crippen molar-refractivity contribution in [2.45, 2.75) is 6.10 Å². The Morgan fingerprint density at radius 3 is 2.75 bits per heavy atom. The van der Waals surface area contributed by atoms with Crippen LogP contribution in [0.15, 0.2) is 59.6 Å². The van der Waals surface area contributed by atoms with Crippen molar-refractivity contribution in [2.75, 3.05) is 0 Å². The Morgan fingerprint density at radius 2 is 2.00 bits per heavy atom. The maximum absolute atomic E-state index is 6.14. The highest BCUT2D eigenvalue weighted by molar-refractivity contribution is 6.30. The van der Waals surface area contributed by atoms with E-state index in [4.69, 9.17) is 20.8 Å². The zero-order chi connectivity index (χ0) is 16.5. The lowest BCUT2D eigenvalue weighted by Gasteiger charge is -2.16. The fourth-order valence-corrected chi connectivity index (χ4v) is 2.64. The Morgan fingerprint density at radius 1 is 1.17 bits per heavy atom. The van der Waals surface area contributed by atoms with Crippen molar-refractivity contribution in [2.24, 2.45) is 7.05 Å². The number of hydrogen-bond acceptors (Lipinski definition) is 5. The van der Waals surface area contributed by atoms with Crippen LogP contribution in [0.2, 0.25) is 5.02 Å². The first-order valence-corrected chi connectivity index (χ1v) is 7.68. The fourth-order valence-electron chi connectivity index (χ4n) is 2.51. The molecule has 0 bridgehead atoms. The maximum Gasteiger partial charge on any atom is 0.261 e. The smallest absolute Gasteiger partial charge is 0.261 e. The molecule has 7 heteroatoms. The molecule has 0 saturated carbocycles. The molecule has 0 aliphatic heterocycles. The van der Waals surface area contributed by atoms with E-state index in [1.807, 2.05) is 41.9 Å². The minimum Gasteiger partial charge on any atom is -0.476 e. The van der Waals surface area contributed by atoms with Crippen LogP contribution in [-0.2, 0) is 7.05 Å². The lowest BCUT2D eigenvalue weighted by molar-refractivity contribution is 0.208. The van der Waals surface area contributed by atoms with Gasteiger partial charge in [0.2, 0.25) is 12.5 Å². The standard InChI is InChI=1S/C17H13ClN4O2/c1-22-9-19-14-7-6-13(8-15(14)22)24-16(17-21-20-10-23-17)11-2-4-12(18)5-3-11/h2-10,16H,1H3. The summed E-state index contributed by atoms with van der Waals surface area (Å²) in [5.41, 5.74) is 2.76. The summed E-state index contributed by atoms with van der Waals surface area (Å²) in [4.78, 5) is 4.31. The number of benzene rings is 2. The zero-order valence-corrected chi connectivity index (χ0v) is 13.5. The first-order valence-electron chi connectivity index (χ1n) is 7.30. The van der Waals surface area contributed by atoms with Crippen LogP contribution in [0.5, 0.6) is 5.75 Å². The molecular formula is C17H13ClN4O2. The molecule has 24 heavy (non-hydrogen) atoms. The molecule has 0 aliphatic carbocycles. The number of nitrogens with zero attached hydrogens (tertiary/aromatic N) is 4. The van der Waals surface area contributed by atoms with Gasteiger partial charge < -0.3 is 13.7 Å². The van der Waals surface area contributed by atoms with Crippen LogP contribution in [0.1, 0.15) is 17.6 Å². The van der Waals surface area contributed by atoms with Gasteiger partial charge in [-0.3, -0.25) is 0 Å². The van der Waals surface area contributed by atoms with Crippen molar-refractivity contribution < 1.29 is 9.15 Å². The van der Waals surface area contributed by atoms with Gasteiger partial charge in [-0.25, -0.2) is 4.98 Å². The summed E-state index contributed by atoms with van der Waals surface area (Å²) >= 11 is 5.97. The van der Waals surface area contributed by atoms with E-state index in [0.717, 1.165) is 16.6 Å². The summed E-state index contributed by atoms with van der Waals surface area (Å²) in [5, 5.41) is 8.39. The number of hydrogen-bond donors (Lipinski definition) is 0. The Balaban J connectivity index is 1.73. The summed E-state index contributed by atoms with van der Waals surface area (Å²) in [6.45, 7) is 0. The second-order valence-corrected chi connectivity index (χ2v) is 5.77. The minimum atomic E-state index is -0.518. The van der Waals surface area contributed by atoms with Gasteiger partial charge in [0.05, 0.1) is 17.4 Å². The SMILES string of the molecule is Cn1cnc2ccc(OC(c3ccc(Cl)cc3)c3nnco3)cc21. The van der Waals surface area contributed by atoms with Crippen LogP contribution in [0.4, 0.5) is 0 Å². The first kappa shape index (κ1) is 14.7. The third-order valence-corrected chi connectivity index (χ3v) is 3.98. The van der Waals surface area contributed by atoms with E-state index in [9.17, 15) is 0 Å². The van der Waals surface area contributed by atoms with E-state index < -0.39 is 6.10 Å². The predicted octanol–water partition coefficient (Wildman–Crippen LogP) is 3.78. The molecular weight excluding hydrogens is 328 g/mol. The normalized spacial score (nSPS) is 12.4. The van der Waals surface area contributed by atoms with Gasteiger partial charge in [-0.05, 0) is 24.3 Å². The molecule has 0 spiro atoms. The van der Waals surface area contributed by atoms with Crippen molar-refractivity contribution in [3.63, 3.8) is 0 Å². The summed E-state index contributed by atoms with van der Waals surface area (Å²) in [7, 11) is 1.94. The van der Waals surface area contributed by atoms with Gasteiger partial charge in [0.1, 0.15) is 5.75 Å². The molecule has 0 aliphatic rings. The Kier molecular flexibility index (Phi) is 3.66. The van der Waals surface area contributed by atoms with Crippen molar-refractivity contribution in [3.8, 4) is 5.75 Å². The van der Waals surface area contributed by atoms with E-state index in [1.165, 1.54) is 6.39 Å². The second kappa shape index (κ2) is 5.98. The van der Waals surface area contributed by atoms with Gasteiger partial charge in [0, 0.05) is 23.7 Å². The van der Waals surface area contributed by atoms with Gasteiger partial charge in [-0.15, -0.1) is 10.2 Å². The lowest BCUT2D eigenvalue weighted by Crippen LogP contribution is -2.10. The predicted molar refractivity (Wildman–Crippen MR) is 88.9 cm³/mol. The average molecular weight is 341 g/mol. The summed E-state index contributed by atoms with van der Waals surface area (Å²) in [6.07, 6.45) is 2.53. The molecule has 2 heterocycles. The molecule has 0 radical (unpaired) electrons. The Bertz CT molecular complexity index is 964. The number of imidazole rings is 1. The third-order valence-electron chi connectivity index (χ3n) is 3.72. The largest absolute Gasteiger partial charge is 0.476 e. The lowest BCUT2D eigenvalue weighted by atomic mass is 10.1. The molecule has 0 N–H and O–H groups in total. The van der Waals surface area contributed by atoms with Crippen molar-refractivity contribution >= 4 is 22.6 Å². The maximum atomic E-state index is 6.14. The zero-order valence-electron chi connectivity index (χ0n) is 12.8. The van der Waals surface area contributed by atoms with Crippen molar-refractivity contribution in [1.29, 1.82) is 0 Å².